The first-order valence-electron chi connectivity index (χ1n) is 13.5. The summed E-state index contributed by atoms with van der Waals surface area (Å²) in [5.41, 5.74) is 11.9. The van der Waals surface area contributed by atoms with Gasteiger partial charge in [0.25, 0.3) is 5.56 Å². The van der Waals surface area contributed by atoms with Gasteiger partial charge in [0.1, 0.15) is 6.54 Å². The van der Waals surface area contributed by atoms with Crippen LogP contribution in [-0.2, 0) is 35.5 Å². The molecule has 0 radical (unpaired) electrons. The van der Waals surface area contributed by atoms with Gasteiger partial charge in [0.15, 0.2) is 18.3 Å². The number of anilines is 2. The summed E-state index contributed by atoms with van der Waals surface area (Å²) >= 11 is 0. The van der Waals surface area contributed by atoms with E-state index >= 15 is 0 Å². The number of hydrogen-bond acceptors (Lipinski definition) is 8. The van der Waals surface area contributed by atoms with Crippen molar-refractivity contribution in [1.29, 1.82) is 0 Å². The van der Waals surface area contributed by atoms with Crippen molar-refractivity contribution in [3.8, 4) is 11.3 Å². The second-order valence-corrected chi connectivity index (χ2v) is 10.1. The van der Waals surface area contributed by atoms with E-state index in [1.807, 2.05) is 6.07 Å². The van der Waals surface area contributed by atoms with E-state index in [1.54, 1.807) is 56.4 Å². The highest BCUT2D eigenvalue weighted by Crippen LogP contribution is 2.34. The molecule has 0 aliphatic rings. The van der Waals surface area contributed by atoms with Crippen LogP contribution in [0.2, 0.25) is 0 Å². The number of benzene rings is 2. The number of hydrogen-bond donors (Lipinski definition) is 4. The zero-order valence-corrected chi connectivity index (χ0v) is 23.9. The summed E-state index contributed by atoms with van der Waals surface area (Å²) in [7, 11) is 0. The topological polar surface area (TPSA) is 163 Å². The van der Waals surface area contributed by atoms with Gasteiger partial charge >= 0.3 is 6.18 Å². The third-order valence-corrected chi connectivity index (χ3v) is 6.20. The number of amidine groups is 1. The Kier molecular flexibility index (Phi) is 9.83. The molecular formula is C30H31F3N8O3. The van der Waals surface area contributed by atoms with Crippen LogP contribution in [0.1, 0.15) is 36.2 Å². The maximum Gasteiger partial charge on any atom is 0.416 e. The van der Waals surface area contributed by atoms with Crippen LogP contribution in [0.5, 0.6) is 0 Å². The molecule has 0 atom stereocenters. The van der Waals surface area contributed by atoms with Crippen LogP contribution < -0.4 is 27.7 Å². The number of carbonyl (C=O) groups excluding carboxylic acids is 1. The van der Waals surface area contributed by atoms with Crippen molar-refractivity contribution in [2.75, 3.05) is 11.1 Å². The van der Waals surface area contributed by atoms with Crippen LogP contribution in [0.3, 0.4) is 0 Å². The van der Waals surface area contributed by atoms with Crippen molar-refractivity contribution in [3.63, 3.8) is 0 Å². The molecule has 0 bridgehead atoms. The smallest absolute Gasteiger partial charge is 0.399 e. The Labute approximate surface area is 250 Å². The largest absolute Gasteiger partial charge is 0.416 e. The molecule has 11 nitrogen and oxygen atoms in total. The number of aromatic nitrogens is 3. The van der Waals surface area contributed by atoms with Crippen molar-refractivity contribution in [1.82, 2.24) is 19.9 Å². The van der Waals surface area contributed by atoms with Crippen LogP contribution in [0.4, 0.5) is 24.7 Å². The maximum absolute atomic E-state index is 13.5. The molecule has 0 saturated heterocycles. The molecule has 2 aromatic carbocycles. The lowest BCUT2D eigenvalue weighted by Gasteiger charge is -2.17. The molecule has 0 aliphatic carbocycles. The third-order valence-electron chi connectivity index (χ3n) is 6.20. The van der Waals surface area contributed by atoms with E-state index in [2.05, 4.69) is 25.8 Å². The lowest BCUT2D eigenvalue weighted by atomic mass is 10.1. The quantitative estimate of drug-likeness (QED) is 0.0863. The summed E-state index contributed by atoms with van der Waals surface area (Å²) < 4.78 is 41.5. The van der Waals surface area contributed by atoms with E-state index < -0.39 is 29.8 Å². The highest BCUT2D eigenvalue weighted by molar-refractivity contribution is 5.97. The predicted octanol–water partition coefficient (Wildman–Crippen LogP) is 3.88. The monoisotopic (exact) mass is 608 g/mol. The van der Waals surface area contributed by atoms with E-state index in [1.165, 1.54) is 12.3 Å². The van der Waals surface area contributed by atoms with Gasteiger partial charge < -0.3 is 26.9 Å². The van der Waals surface area contributed by atoms with Crippen molar-refractivity contribution in [2.45, 2.75) is 45.8 Å². The molecule has 0 aliphatic heterocycles. The van der Waals surface area contributed by atoms with Gasteiger partial charge in [-0.15, -0.1) is 0 Å². The van der Waals surface area contributed by atoms with Gasteiger partial charge in [-0.2, -0.15) is 13.2 Å². The van der Waals surface area contributed by atoms with Gasteiger partial charge in [-0.25, -0.2) is 4.98 Å². The summed E-state index contributed by atoms with van der Waals surface area (Å²) in [6.45, 7) is 3.36. The number of pyridine rings is 1. The van der Waals surface area contributed by atoms with Gasteiger partial charge in [-0.05, 0) is 49.7 Å². The normalized spacial score (nSPS) is 11.8. The average Bonchev–Trinajstić information content (AvgIpc) is 2.98. The van der Waals surface area contributed by atoms with Gasteiger partial charge in [0, 0.05) is 35.6 Å². The average molecular weight is 609 g/mol. The lowest BCUT2D eigenvalue weighted by Crippen LogP contribution is -2.35. The molecular weight excluding hydrogens is 577 g/mol. The number of amides is 1. The third kappa shape index (κ3) is 8.33. The van der Waals surface area contributed by atoms with Crippen molar-refractivity contribution in [3.05, 3.63) is 106 Å². The zero-order valence-electron chi connectivity index (χ0n) is 23.9. The van der Waals surface area contributed by atoms with Gasteiger partial charge in [-0.3, -0.25) is 19.1 Å². The molecule has 2 heterocycles. The summed E-state index contributed by atoms with van der Waals surface area (Å²) in [6.07, 6.45) is -1.79. The number of halogens is 3. The molecule has 2 aromatic heterocycles. The Balaban J connectivity index is 1.48. The molecule has 230 valence electrons. The molecule has 0 saturated carbocycles. The minimum absolute atomic E-state index is 0.00151. The number of carbonyl (C=O) groups is 1. The SMILES string of the molecule is CC(C)Nc1ncc(-c2cc(N)cc(C(F)(F)F)c2)n(CC(=O)NCc2ccc(/C(N)=N\OCc3ccccn3)cc2)c1=O. The number of nitrogens with one attached hydrogen (secondary N) is 2. The number of nitrogen functional groups attached to an aromatic ring is 1. The Morgan fingerprint density at radius 1 is 1.09 bits per heavy atom. The van der Waals surface area contributed by atoms with Gasteiger partial charge in [-0.1, -0.05) is 35.5 Å². The minimum Gasteiger partial charge on any atom is -0.399 e. The number of nitrogens with zero attached hydrogens (tertiary/aromatic N) is 4. The van der Waals surface area contributed by atoms with E-state index in [9.17, 15) is 22.8 Å². The van der Waals surface area contributed by atoms with Crippen molar-refractivity contribution < 1.29 is 22.8 Å². The van der Waals surface area contributed by atoms with Crippen LogP contribution >= 0.6 is 0 Å². The minimum atomic E-state index is -4.67. The Morgan fingerprint density at radius 2 is 1.84 bits per heavy atom. The lowest BCUT2D eigenvalue weighted by molar-refractivity contribution is -0.137. The molecule has 0 fully saturated rings. The molecule has 1 amide bonds. The summed E-state index contributed by atoms with van der Waals surface area (Å²) in [5, 5.41) is 9.52. The van der Waals surface area contributed by atoms with Gasteiger partial charge in [0.2, 0.25) is 5.91 Å². The maximum atomic E-state index is 13.5. The first-order valence-corrected chi connectivity index (χ1v) is 13.5. The fourth-order valence-electron chi connectivity index (χ4n) is 4.11. The number of alkyl halides is 3. The first-order chi connectivity index (χ1) is 20.9. The Bertz CT molecular complexity index is 1690. The molecule has 0 unspecified atom stereocenters. The van der Waals surface area contributed by atoms with Gasteiger partial charge in [0.05, 0.1) is 23.1 Å². The van der Waals surface area contributed by atoms with E-state index in [4.69, 9.17) is 16.3 Å². The van der Waals surface area contributed by atoms with Crippen molar-refractivity contribution in [2.24, 2.45) is 10.9 Å². The number of rotatable bonds is 11. The van der Waals surface area contributed by atoms with E-state index in [-0.39, 0.29) is 47.8 Å². The Morgan fingerprint density at radius 3 is 2.50 bits per heavy atom. The summed E-state index contributed by atoms with van der Waals surface area (Å²) in [5.74, 6) is -0.444. The number of nitrogens with two attached hydrogens (primary N) is 2. The van der Waals surface area contributed by atoms with Crippen LogP contribution in [0, 0.1) is 0 Å². The van der Waals surface area contributed by atoms with Crippen molar-refractivity contribution >= 4 is 23.2 Å². The zero-order chi connectivity index (χ0) is 31.9. The fourth-order valence-corrected chi connectivity index (χ4v) is 4.11. The first kappa shape index (κ1) is 31.5. The predicted molar refractivity (Wildman–Crippen MR) is 160 cm³/mol. The fraction of sp³-hybridized carbons (Fsp3) is 0.233. The molecule has 44 heavy (non-hydrogen) atoms. The van der Waals surface area contributed by atoms with E-state index in [0.29, 0.717) is 11.3 Å². The highest BCUT2D eigenvalue weighted by Gasteiger charge is 2.31. The summed E-state index contributed by atoms with van der Waals surface area (Å²) in [6, 6.07) is 15.1. The van der Waals surface area contributed by atoms with Crippen LogP contribution in [-0.4, -0.2) is 32.3 Å². The number of oxime groups is 1. The van der Waals surface area contributed by atoms with Crippen LogP contribution in [0.25, 0.3) is 11.3 Å². The second kappa shape index (κ2) is 13.7. The standard InChI is InChI=1S/C30H31F3N8O3/c1-18(2)39-28-29(43)41(25(15-38-28)21-11-22(30(31,32)33)13-23(34)12-21)16-26(42)37-14-19-6-8-20(9-7-19)27(35)40-44-17-24-5-3-4-10-36-24/h3-13,15,18H,14,16-17,34H2,1-2H3,(H2,35,40)(H,37,42)(H,38,39). The highest BCUT2D eigenvalue weighted by atomic mass is 19.4. The molecule has 4 aromatic rings. The van der Waals surface area contributed by atoms with Crippen LogP contribution in [0.15, 0.2) is 83.0 Å². The second-order valence-electron chi connectivity index (χ2n) is 10.1. The molecule has 6 N–H and O–H groups in total. The Hall–Kier alpha value is -5.40. The van der Waals surface area contributed by atoms with E-state index in [0.717, 1.165) is 22.3 Å². The molecule has 14 heteroatoms. The summed E-state index contributed by atoms with van der Waals surface area (Å²) in [4.78, 5) is 39.8. The molecule has 4 rings (SSSR count). The molecule has 0 spiro atoms.